The quantitative estimate of drug-likeness (QED) is 0.0702. The summed E-state index contributed by atoms with van der Waals surface area (Å²) in [6.45, 7) is 20.2. The van der Waals surface area contributed by atoms with E-state index in [2.05, 4.69) is 82.5 Å². The molecule has 5 aromatic rings. The minimum atomic E-state index is -0.586. The summed E-state index contributed by atoms with van der Waals surface area (Å²) in [6.07, 6.45) is 0. The van der Waals surface area contributed by atoms with Crippen LogP contribution >= 0.6 is 11.3 Å². The second-order valence-corrected chi connectivity index (χ2v) is 14.7. The number of allylic oxidation sites excluding steroid dienone is 1. The van der Waals surface area contributed by atoms with Gasteiger partial charge in [0.1, 0.15) is 17.6 Å². The summed E-state index contributed by atoms with van der Waals surface area (Å²) in [5.41, 5.74) is 10.7. The number of benzene rings is 3. The normalized spacial score (nSPS) is 12.3. The number of nitrogens with one attached hydrogen (secondary N) is 3. The van der Waals surface area contributed by atoms with Crippen molar-refractivity contribution in [2.24, 2.45) is 15.6 Å². The maximum Gasteiger partial charge on any atom is 0.290 e. The molecule has 0 unspecified atom stereocenters. The third kappa shape index (κ3) is 7.91. The number of azo groups is 1. The summed E-state index contributed by atoms with van der Waals surface area (Å²) in [7, 11) is 0. The summed E-state index contributed by atoms with van der Waals surface area (Å²) in [5, 5.41) is 38.3. The predicted octanol–water partition coefficient (Wildman–Crippen LogP) is 10.1. The van der Waals surface area contributed by atoms with Crippen LogP contribution in [0.5, 0.6) is 0 Å². The van der Waals surface area contributed by atoms with Gasteiger partial charge in [0.2, 0.25) is 0 Å². The minimum Gasteiger partial charge on any atom is -0.340 e. The third-order valence-corrected chi connectivity index (χ3v) is 9.21. The Morgan fingerprint density at radius 1 is 0.816 bits per heavy atom. The van der Waals surface area contributed by atoms with Crippen molar-refractivity contribution in [3.8, 4) is 6.07 Å². The summed E-state index contributed by atoms with van der Waals surface area (Å²) >= 11 is 1.50. The van der Waals surface area contributed by atoms with Crippen LogP contribution < -0.4 is 16.0 Å². The van der Waals surface area contributed by atoms with Crippen LogP contribution in [0.2, 0.25) is 0 Å². The maximum absolute atomic E-state index is 10.4. The Morgan fingerprint density at radius 3 is 1.94 bits per heavy atom. The first kappa shape index (κ1) is 35.1. The fourth-order valence-electron chi connectivity index (χ4n) is 5.88. The van der Waals surface area contributed by atoms with E-state index in [1.54, 1.807) is 5.32 Å². The maximum atomic E-state index is 10.4. The number of rotatable bonds is 9. The lowest BCUT2D eigenvalue weighted by Crippen LogP contribution is -2.75. The Labute approximate surface area is 292 Å². The number of fused-ring (bicyclic) bond motifs is 1. The molecule has 0 radical (unpaired) electrons. The number of thiazole rings is 1. The molecule has 0 bridgehead atoms. The van der Waals surface area contributed by atoms with Gasteiger partial charge in [0.15, 0.2) is 11.4 Å². The van der Waals surface area contributed by atoms with Crippen molar-refractivity contribution in [2.75, 3.05) is 10.6 Å². The molecule has 0 amide bonds. The molecule has 3 aromatic carbocycles. The van der Waals surface area contributed by atoms with Gasteiger partial charge in [-0.2, -0.15) is 10.2 Å². The topological polar surface area (TPSA) is 139 Å². The Bertz CT molecular complexity index is 2110. The first-order valence-corrected chi connectivity index (χ1v) is 17.0. The van der Waals surface area contributed by atoms with E-state index >= 15 is 0 Å². The van der Waals surface area contributed by atoms with E-state index in [9.17, 15) is 5.26 Å². The summed E-state index contributed by atoms with van der Waals surface area (Å²) in [5.74, 6) is 1.45. The number of para-hydroxylation sites is 1. The SMILES string of the molecule is Cc1cc(C)c(Nc2cc(C)c(N=NC([NH2+]c3nc4ccccc4s3)=C(C#N)C(=N)C(C)(C)C)c(Nc3c(C)cc(C)cc3C)n2)c(C)c1. The van der Waals surface area contributed by atoms with Crippen LogP contribution in [0.4, 0.5) is 33.8 Å². The van der Waals surface area contributed by atoms with Crippen LogP contribution in [0.3, 0.4) is 0 Å². The monoisotopic (exact) mass is 670 g/mol. The number of nitrogens with two attached hydrogens (primary N) is 1. The fourth-order valence-corrected chi connectivity index (χ4v) is 6.79. The zero-order valence-electron chi connectivity index (χ0n) is 29.9. The third-order valence-electron chi connectivity index (χ3n) is 8.23. The highest BCUT2D eigenvalue weighted by atomic mass is 32.1. The molecule has 0 aliphatic carbocycles. The predicted molar refractivity (Wildman–Crippen MR) is 202 cm³/mol. The standard InChI is InChI=1S/C39H43N9S/c1-21-15-23(3)32(24(4)16-21)43-31-19-27(7)34(37(44-31)45-33-25(5)17-22(2)18-26(33)6)47-48-36(28(20-40)35(41)39(8,9)10)46-38-42-29-13-11-12-14-30(29)49-38/h11-19,41H,1-10H3,(H,42,46)(H2,43,44,45)/p+1. The summed E-state index contributed by atoms with van der Waals surface area (Å²) in [6, 6.07) is 20.7. The molecule has 0 aliphatic rings. The van der Waals surface area contributed by atoms with Crippen molar-refractivity contribution >= 4 is 61.1 Å². The molecule has 2 heterocycles. The number of hydrogen-bond acceptors (Lipinski definition) is 9. The van der Waals surface area contributed by atoms with Gasteiger partial charge in [-0.05, 0) is 94.5 Å². The Balaban J connectivity index is 1.66. The fraction of sp³-hybridized carbons (Fsp3) is 0.282. The van der Waals surface area contributed by atoms with Crippen LogP contribution in [0.1, 0.15) is 59.7 Å². The van der Waals surface area contributed by atoms with Gasteiger partial charge in [-0.3, -0.25) is 0 Å². The molecule has 10 heteroatoms. The van der Waals surface area contributed by atoms with Crippen molar-refractivity contribution in [2.45, 2.75) is 69.2 Å². The molecule has 0 saturated carbocycles. The number of pyridine rings is 1. The Hall–Kier alpha value is -5.24. The van der Waals surface area contributed by atoms with Crippen molar-refractivity contribution in [3.63, 3.8) is 0 Å². The van der Waals surface area contributed by atoms with Crippen molar-refractivity contribution in [1.82, 2.24) is 9.97 Å². The van der Waals surface area contributed by atoms with E-state index in [4.69, 9.17) is 25.6 Å². The van der Waals surface area contributed by atoms with Gasteiger partial charge in [0.25, 0.3) is 11.0 Å². The van der Waals surface area contributed by atoms with E-state index in [0.29, 0.717) is 22.5 Å². The summed E-state index contributed by atoms with van der Waals surface area (Å²) in [4.78, 5) is 9.79. The largest absolute Gasteiger partial charge is 0.340 e. The highest BCUT2D eigenvalue weighted by molar-refractivity contribution is 7.21. The molecule has 0 saturated heterocycles. The van der Waals surface area contributed by atoms with Crippen LogP contribution in [0, 0.1) is 70.6 Å². The average molecular weight is 671 g/mol. The number of nitrogens with zero attached hydrogens (tertiary/aromatic N) is 5. The number of aryl methyl sites for hydroxylation is 7. The van der Waals surface area contributed by atoms with Crippen molar-refractivity contribution in [3.05, 3.63) is 105 Å². The Kier molecular flexibility index (Phi) is 10.1. The van der Waals surface area contributed by atoms with Gasteiger partial charge in [-0.1, -0.05) is 84.7 Å². The molecular weight excluding hydrogens is 627 g/mol. The molecular formula is C39H44N9S+. The minimum absolute atomic E-state index is 0.143. The number of anilines is 4. The van der Waals surface area contributed by atoms with E-state index in [-0.39, 0.29) is 17.1 Å². The number of aromatic nitrogens is 2. The molecule has 0 fully saturated rings. The van der Waals surface area contributed by atoms with Crippen molar-refractivity contribution in [1.29, 1.82) is 10.7 Å². The smallest absolute Gasteiger partial charge is 0.290 e. The van der Waals surface area contributed by atoms with E-state index in [0.717, 1.165) is 49.4 Å². The second-order valence-electron chi connectivity index (χ2n) is 13.7. The van der Waals surface area contributed by atoms with Gasteiger partial charge in [-0.15, -0.1) is 5.11 Å². The van der Waals surface area contributed by atoms with Gasteiger partial charge >= 0.3 is 0 Å². The molecule has 5 rings (SSSR count). The van der Waals surface area contributed by atoms with Crippen molar-refractivity contribution < 1.29 is 5.32 Å². The zero-order chi connectivity index (χ0) is 35.6. The molecule has 0 atom stereocenters. The molecule has 0 spiro atoms. The number of nitriles is 1. The number of hydrogen-bond donors (Lipinski definition) is 4. The lowest BCUT2D eigenvalue weighted by molar-refractivity contribution is -0.519. The number of quaternary nitrogens is 1. The molecule has 49 heavy (non-hydrogen) atoms. The average Bonchev–Trinajstić information content (AvgIpc) is 3.42. The molecule has 250 valence electrons. The lowest BCUT2D eigenvalue weighted by atomic mass is 9.86. The lowest BCUT2D eigenvalue weighted by Gasteiger charge is -2.19. The molecule has 5 N–H and O–H groups in total. The highest BCUT2D eigenvalue weighted by Crippen LogP contribution is 2.37. The zero-order valence-corrected chi connectivity index (χ0v) is 30.7. The van der Waals surface area contributed by atoms with Crippen LogP contribution in [-0.2, 0) is 0 Å². The van der Waals surface area contributed by atoms with E-state index in [1.165, 1.54) is 22.5 Å². The van der Waals surface area contributed by atoms with Gasteiger partial charge < -0.3 is 16.0 Å². The molecule has 0 aliphatic heterocycles. The van der Waals surface area contributed by atoms with Gasteiger partial charge in [0, 0.05) is 16.8 Å². The first-order valence-electron chi connectivity index (χ1n) is 16.2. The van der Waals surface area contributed by atoms with Crippen LogP contribution in [-0.4, -0.2) is 15.7 Å². The van der Waals surface area contributed by atoms with Crippen LogP contribution in [0.25, 0.3) is 10.2 Å². The van der Waals surface area contributed by atoms with Gasteiger partial charge in [-0.25, -0.2) is 10.3 Å². The highest BCUT2D eigenvalue weighted by Gasteiger charge is 2.28. The molecule has 9 nitrogen and oxygen atoms in total. The second kappa shape index (κ2) is 14.1. The molecule has 2 aromatic heterocycles. The first-order chi connectivity index (χ1) is 23.1. The summed E-state index contributed by atoms with van der Waals surface area (Å²) < 4.78 is 1.02. The Morgan fingerprint density at radius 2 is 1.39 bits per heavy atom. The van der Waals surface area contributed by atoms with Gasteiger partial charge in [0.05, 0.1) is 15.9 Å². The van der Waals surface area contributed by atoms with E-state index < -0.39 is 5.41 Å². The van der Waals surface area contributed by atoms with Crippen LogP contribution in [0.15, 0.2) is 76.2 Å². The van der Waals surface area contributed by atoms with E-state index in [1.807, 2.05) is 58.0 Å².